The fourth-order valence-corrected chi connectivity index (χ4v) is 5.16. The number of fused-ring (bicyclic) bond motifs is 1. The summed E-state index contributed by atoms with van der Waals surface area (Å²) in [5.74, 6) is -0.264. The molecule has 2 heterocycles. The van der Waals surface area contributed by atoms with E-state index >= 15 is 0 Å². The molecule has 0 radical (unpaired) electrons. The van der Waals surface area contributed by atoms with Gasteiger partial charge in [0.05, 0.1) is 24.8 Å². The second kappa shape index (κ2) is 10.6. The first-order valence-corrected chi connectivity index (χ1v) is 12.2. The van der Waals surface area contributed by atoms with Gasteiger partial charge in [0, 0.05) is 75.5 Å². The van der Waals surface area contributed by atoms with Gasteiger partial charge in [-0.05, 0) is 42.3 Å². The van der Waals surface area contributed by atoms with Crippen molar-refractivity contribution in [3.05, 3.63) is 58.8 Å². The van der Waals surface area contributed by atoms with Gasteiger partial charge in [0.2, 0.25) is 0 Å². The molecule has 1 atom stereocenters. The Labute approximate surface area is 214 Å². The summed E-state index contributed by atoms with van der Waals surface area (Å²) in [4.78, 5) is 20.9. The number of nitrogens with one attached hydrogen (secondary N) is 1. The minimum Gasteiger partial charge on any atom is -0.496 e. The molecule has 1 fully saturated rings. The number of H-pyrrole nitrogens is 1. The number of methoxy groups -OCH3 is 1. The smallest absolute Gasteiger partial charge is 0.390 e. The maximum absolute atomic E-state index is 13.0. The predicted octanol–water partition coefficient (Wildman–Crippen LogP) is 5.06. The van der Waals surface area contributed by atoms with Crippen molar-refractivity contribution < 1.29 is 27.8 Å². The normalized spacial score (nSPS) is 17.3. The first-order valence-electron chi connectivity index (χ1n) is 12.2. The molecule has 10 heteroatoms. The molecule has 1 unspecified atom stereocenters. The van der Waals surface area contributed by atoms with Crippen LogP contribution in [-0.4, -0.2) is 79.4 Å². The van der Waals surface area contributed by atoms with Crippen molar-refractivity contribution in [2.45, 2.75) is 32.1 Å². The number of piperazine rings is 1. The summed E-state index contributed by atoms with van der Waals surface area (Å²) in [5, 5.41) is 10.7. The molecule has 0 aliphatic carbocycles. The number of halogens is 3. The zero-order valence-corrected chi connectivity index (χ0v) is 21.5. The number of anilines is 1. The van der Waals surface area contributed by atoms with E-state index in [0.29, 0.717) is 31.9 Å². The van der Waals surface area contributed by atoms with Gasteiger partial charge in [0.15, 0.2) is 0 Å². The van der Waals surface area contributed by atoms with E-state index in [1.807, 2.05) is 36.2 Å². The number of alkyl halides is 3. The number of hydrogen-bond acceptors (Lipinski definition) is 5. The van der Waals surface area contributed by atoms with Gasteiger partial charge < -0.3 is 19.7 Å². The molecule has 7 nitrogen and oxygen atoms in total. The number of carboxylic acids is 1. The summed E-state index contributed by atoms with van der Waals surface area (Å²) in [7, 11) is 5.19. The summed E-state index contributed by atoms with van der Waals surface area (Å²) < 4.78 is 44.7. The highest BCUT2D eigenvalue weighted by atomic mass is 19.4. The topological polar surface area (TPSA) is 72.0 Å². The molecular weight excluding hydrogens is 485 g/mol. The molecule has 2 N–H and O–H groups in total. The fraction of sp³-hybridized carbons (Fsp3) is 0.444. The van der Waals surface area contributed by atoms with E-state index in [1.165, 1.54) is 0 Å². The Balaban J connectivity index is 1.72. The zero-order chi connectivity index (χ0) is 26.9. The number of carboxylic acid groups (broad SMARTS) is 1. The maximum Gasteiger partial charge on any atom is 0.390 e. The lowest BCUT2D eigenvalue weighted by atomic mass is 9.97. The van der Waals surface area contributed by atoms with Crippen molar-refractivity contribution in [3.63, 3.8) is 0 Å². The molecule has 3 aromatic rings. The molecule has 2 aromatic carbocycles. The predicted molar refractivity (Wildman–Crippen MR) is 138 cm³/mol. The van der Waals surface area contributed by atoms with Crippen molar-refractivity contribution in [1.82, 2.24) is 14.8 Å². The number of carbonyl (C=O) groups is 1. The van der Waals surface area contributed by atoms with E-state index in [9.17, 15) is 23.1 Å². The van der Waals surface area contributed by atoms with Crippen molar-refractivity contribution in [2.24, 2.45) is 0 Å². The monoisotopic (exact) mass is 518 g/mol. The highest BCUT2D eigenvalue weighted by molar-refractivity contribution is 5.94. The van der Waals surface area contributed by atoms with E-state index < -0.39 is 18.6 Å². The third kappa shape index (κ3) is 5.86. The number of aromatic amines is 1. The van der Waals surface area contributed by atoms with E-state index in [-0.39, 0.29) is 18.2 Å². The Kier molecular flexibility index (Phi) is 7.70. The second-order valence-corrected chi connectivity index (χ2v) is 9.77. The summed E-state index contributed by atoms with van der Waals surface area (Å²) in [6, 6.07) is 8.97. The van der Waals surface area contributed by atoms with Crippen molar-refractivity contribution in [2.75, 3.05) is 52.3 Å². The van der Waals surface area contributed by atoms with E-state index in [2.05, 4.69) is 9.88 Å². The molecular formula is C27H33F3N4O3. The van der Waals surface area contributed by atoms with Gasteiger partial charge in [-0.1, -0.05) is 6.07 Å². The van der Waals surface area contributed by atoms with Crippen LogP contribution in [0.3, 0.4) is 0 Å². The number of aromatic carboxylic acids is 1. The van der Waals surface area contributed by atoms with Crippen LogP contribution in [0.1, 0.15) is 39.5 Å². The number of aromatic nitrogens is 1. The molecule has 1 aromatic heterocycles. The van der Waals surface area contributed by atoms with Crippen LogP contribution < -0.4 is 9.64 Å². The van der Waals surface area contributed by atoms with Crippen LogP contribution in [-0.2, 0) is 6.54 Å². The lowest BCUT2D eigenvalue weighted by molar-refractivity contribution is -0.139. The van der Waals surface area contributed by atoms with Crippen molar-refractivity contribution >= 4 is 22.6 Å². The van der Waals surface area contributed by atoms with Gasteiger partial charge in [0.25, 0.3) is 0 Å². The van der Waals surface area contributed by atoms with Gasteiger partial charge in [-0.15, -0.1) is 0 Å². The number of aryl methyl sites for hydroxylation is 1. The number of nitrogens with zero attached hydrogens (tertiary/aromatic N) is 3. The number of hydrogen-bond donors (Lipinski definition) is 2. The lowest BCUT2D eigenvalue weighted by Gasteiger charge is -2.42. The number of ether oxygens (including phenoxy) is 1. The molecule has 37 heavy (non-hydrogen) atoms. The summed E-state index contributed by atoms with van der Waals surface area (Å²) in [6.07, 6.45) is -3.19. The molecule has 1 aliphatic heterocycles. The molecule has 4 rings (SSSR count). The van der Waals surface area contributed by atoms with Gasteiger partial charge in [-0.2, -0.15) is 13.2 Å². The van der Waals surface area contributed by atoms with E-state index in [0.717, 1.165) is 33.3 Å². The summed E-state index contributed by atoms with van der Waals surface area (Å²) in [6.45, 7) is 3.94. The zero-order valence-electron chi connectivity index (χ0n) is 21.5. The maximum atomic E-state index is 13.0. The van der Waals surface area contributed by atoms with Gasteiger partial charge in [-0.3, -0.25) is 9.80 Å². The first-order chi connectivity index (χ1) is 17.5. The third-order valence-electron chi connectivity index (χ3n) is 7.10. The van der Waals surface area contributed by atoms with Crippen LogP contribution in [0.4, 0.5) is 18.9 Å². The highest BCUT2D eigenvalue weighted by Crippen LogP contribution is 2.36. The largest absolute Gasteiger partial charge is 0.496 e. The summed E-state index contributed by atoms with van der Waals surface area (Å²) >= 11 is 0. The molecule has 1 aliphatic rings. The minimum absolute atomic E-state index is 0.0719. The highest BCUT2D eigenvalue weighted by Gasteiger charge is 2.33. The van der Waals surface area contributed by atoms with Crippen LogP contribution in [0.15, 0.2) is 36.5 Å². The van der Waals surface area contributed by atoms with E-state index in [4.69, 9.17) is 4.74 Å². The third-order valence-corrected chi connectivity index (χ3v) is 7.10. The van der Waals surface area contributed by atoms with Gasteiger partial charge in [0.1, 0.15) is 5.75 Å². The SMILES string of the molecule is COc1cc(C)c2[nH]ccc2c1CN1CCN(CCC(F)(F)F)CC1c1ccc(C(=O)O)c(N(C)C)c1. The second-order valence-electron chi connectivity index (χ2n) is 9.77. The fourth-order valence-electron chi connectivity index (χ4n) is 5.16. The van der Waals surface area contributed by atoms with Crippen LogP contribution in [0.2, 0.25) is 0 Å². The molecule has 1 saturated heterocycles. The Morgan fingerprint density at radius 3 is 2.62 bits per heavy atom. The standard InChI is InChI=1S/C27H33F3N4O3/c1-17-13-24(37-4)21(19-7-9-31-25(17)19)15-34-12-11-33(10-8-27(28,29)30)16-23(34)18-5-6-20(26(35)36)22(14-18)32(2)3/h5-7,9,13-14,23,31H,8,10-12,15-16H2,1-4H3,(H,35,36). The Morgan fingerprint density at radius 2 is 1.97 bits per heavy atom. The van der Waals surface area contributed by atoms with Crippen molar-refractivity contribution in [3.8, 4) is 5.75 Å². The Bertz CT molecular complexity index is 1270. The van der Waals surface area contributed by atoms with Crippen LogP contribution in [0.25, 0.3) is 10.9 Å². The average Bonchev–Trinajstić information content (AvgIpc) is 3.34. The Hall–Kier alpha value is -3.24. The molecule has 0 spiro atoms. The van der Waals surface area contributed by atoms with Gasteiger partial charge >= 0.3 is 12.1 Å². The number of rotatable bonds is 8. The van der Waals surface area contributed by atoms with Crippen LogP contribution in [0, 0.1) is 6.92 Å². The molecule has 0 saturated carbocycles. The molecule has 200 valence electrons. The van der Waals surface area contributed by atoms with Crippen molar-refractivity contribution in [1.29, 1.82) is 0 Å². The average molecular weight is 519 g/mol. The quantitative estimate of drug-likeness (QED) is 0.434. The number of benzene rings is 2. The van der Waals surface area contributed by atoms with E-state index in [1.54, 1.807) is 38.2 Å². The lowest BCUT2D eigenvalue weighted by Crippen LogP contribution is -2.48. The van der Waals surface area contributed by atoms with Crippen LogP contribution in [0.5, 0.6) is 5.75 Å². The van der Waals surface area contributed by atoms with Crippen LogP contribution >= 0.6 is 0 Å². The molecule has 0 bridgehead atoms. The first kappa shape index (κ1) is 26.8. The minimum atomic E-state index is -4.22. The molecule has 0 amide bonds. The van der Waals surface area contributed by atoms with Gasteiger partial charge in [-0.25, -0.2) is 4.79 Å². The Morgan fingerprint density at radius 1 is 1.22 bits per heavy atom. The summed E-state index contributed by atoms with van der Waals surface area (Å²) in [5.41, 5.74) is 4.69.